The molecule has 1 heterocycles. The first-order valence-electron chi connectivity index (χ1n) is 6.22. The number of hydrogen-bond donors (Lipinski definition) is 1. The summed E-state index contributed by atoms with van der Waals surface area (Å²) < 4.78 is 7.13. The highest BCUT2D eigenvalue weighted by molar-refractivity contribution is 5.82. The summed E-state index contributed by atoms with van der Waals surface area (Å²) in [7, 11) is 0. The molecule has 0 aliphatic carbocycles. The van der Waals surface area contributed by atoms with Gasteiger partial charge < -0.3 is 15.0 Å². The first-order valence-corrected chi connectivity index (χ1v) is 6.22. The molecule has 2 N–H and O–H groups in total. The van der Waals surface area contributed by atoms with Crippen molar-refractivity contribution in [1.82, 2.24) is 4.57 Å². The van der Waals surface area contributed by atoms with Crippen LogP contribution in [0.3, 0.4) is 0 Å². The van der Waals surface area contributed by atoms with Gasteiger partial charge in [-0.3, -0.25) is 4.79 Å². The number of rotatable bonds is 5. The molecule has 1 aromatic heterocycles. The molecule has 2 aromatic rings. The van der Waals surface area contributed by atoms with Crippen molar-refractivity contribution in [2.24, 2.45) is 5.73 Å². The van der Waals surface area contributed by atoms with Gasteiger partial charge in [0, 0.05) is 18.1 Å². The summed E-state index contributed by atoms with van der Waals surface area (Å²) in [5.41, 5.74) is 5.49. The van der Waals surface area contributed by atoms with Gasteiger partial charge in [-0.25, -0.2) is 0 Å². The fourth-order valence-electron chi connectivity index (χ4n) is 1.96. The number of benzene rings is 1. The van der Waals surface area contributed by atoms with Crippen LogP contribution in [0.1, 0.15) is 13.3 Å². The lowest BCUT2D eigenvalue weighted by molar-refractivity contribution is 0.340. The molecule has 4 nitrogen and oxygen atoms in total. The summed E-state index contributed by atoms with van der Waals surface area (Å²) in [6.45, 7) is 3.82. The number of aryl methyl sites for hydroxylation is 1. The fourth-order valence-corrected chi connectivity index (χ4v) is 1.96. The highest BCUT2D eigenvalue weighted by Crippen LogP contribution is 2.18. The molecule has 0 radical (unpaired) electrons. The van der Waals surface area contributed by atoms with Crippen molar-refractivity contribution in [2.75, 3.05) is 13.2 Å². The van der Waals surface area contributed by atoms with Crippen molar-refractivity contribution in [3.63, 3.8) is 0 Å². The quantitative estimate of drug-likeness (QED) is 0.874. The number of nitrogens with two attached hydrogens (primary N) is 1. The molecule has 2 rings (SSSR count). The third-order valence-electron chi connectivity index (χ3n) is 2.86. The van der Waals surface area contributed by atoms with Crippen LogP contribution < -0.4 is 16.0 Å². The first-order chi connectivity index (χ1) is 8.76. The second-order valence-corrected chi connectivity index (χ2v) is 4.14. The lowest BCUT2D eigenvalue weighted by Gasteiger charge is -2.08. The van der Waals surface area contributed by atoms with Crippen LogP contribution in [-0.2, 0) is 6.54 Å². The third-order valence-corrected chi connectivity index (χ3v) is 2.86. The van der Waals surface area contributed by atoms with Crippen molar-refractivity contribution >= 4 is 10.8 Å². The molecule has 0 aliphatic heterocycles. The van der Waals surface area contributed by atoms with E-state index in [1.54, 1.807) is 4.57 Å². The van der Waals surface area contributed by atoms with E-state index in [1.807, 2.05) is 37.4 Å². The monoisotopic (exact) mass is 246 g/mol. The van der Waals surface area contributed by atoms with Crippen LogP contribution in [0.4, 0.5) is 0 Å². The molecule has 0 atom stereocenters. The van der Waals surface area contributed by atoms with E-state index in [0.29, 0.717) is 19.7 Å². The molecular formula is C14H18N2O2. The van der Waals surface area contributed by atoms with Crippen molar-refractivity contribution in [2.45, 2.75) is 19.9 Å². The lowest BCUT2D eigenvalue weighted by Crippen LogP contribution is -2.20. The molecule has 0 bridgehead atoms. The van der Waals surface area contributed by atoms with Gasteiger partial charge in [-0.15, -0.1) is 0 Å². The van der Waals surface area contributed by atoms with E-state index in [2.05, 4.69) is 0 Å². The molecule has 0 aliphatic rings. The van der Waals surface area contributed by atoms with Crippen LogP contribution >= 0.6 is 0 Å². The van der Waals surface area contributed by atoms with E-state index in [0.717, 1.165) is 22.9 Å². The molecule has 0 saturated carbocycles. The highest BCUT2D eigenvalue weighted by Gasteiger charge is 2.03. The van der Waals surface area contributed by atoms with E-state index in [4.69, 9.17) is 10.5 Å². The zero-order valence-corrected chi connectivity index (χ0v) is 10.6. The molecule has 18 heavy (non-hydrogen) atoms. The standard InChI is InChI=1S/C14H18N2O2/c1-2-18-12-4-5-13-11(10-12)6-9-16(14(13)17)8-3-7-15/h4-6,9-10H,2-3,7-8,15H2,1H3. The van der Waals surface area contributed by atoms with Crippen LogP contribution in [-0.4, -0.2) is 17.7 Å². The smallest absolute Gasteiger partial charge is 0.258 e. The number of fused-ring (bicyclic) bond motifs is 1. The average molecular weight is 246 g/mol. The van der Waals surface area contributed by atoms with Crippen LogP contribution in [0.5, 0.6) is 5.75 Å². The number of nitrogens with zero attached hydrogens (tertiary/aromatic N) is 1. The average Bonchev–Trinajstić information content (AvgIpc) is 2.38. The fraction of sp³-hybridized carbons (Fsp3) is 0.357. The molecule has 0 amide bonds. The second-order valence-electron chi connectivity index (χ2n) is 4.14. The number of aromatic nitrogens is 1. The van der Waals surface area contributed by atoms with E-state index in [-0.39, 0.29) is 5.56 Å². The summed E-state index contributed by atoms with van der Waals surface area (Å²) in [4.78, 5) is 12.2. The Labute approximate surface area is 106 Å². The Kier molecular flexibility index (Phi) is 3.99. The van der Waals surface area contributed by atoms with Gasteiger partial charge in [-0.1, -0.05) is 0 Å². The molecule has 4 heteroatoms. The Morgan fingerprint density at radius 3 is 2.89 bits per heavy atom. The number of hydrogen-bond acceptors (Lipinski definition) is 3. The highest BCUT2D eigenvalue weighted by atomic mass is 16.5. The predicted molar refractivity (Wildman–Crippen MR) is 73.0 cm³/mol. The van der Waals surface area contributed by atoms with Crippen molar-refractivity contribution in [3.05, 3.63) is 40.8 Å². The van der Waals surface area contributed by atoms with E-state index < -0.39 is 0 Å². The molecule has 0 spiro atoms. The lowest BCUT2D eigenvalue weighted by atomic mass is 10.1. The maximum atomic E-state index is 12.2. The Balaban J connectivity index is 2.42. The number of pyridine rings is 1. The first kappa shape index (κ1) is 12.6. The molecular weight excluding hydrogens is 228 g/mol. The van der Waals surface area contributed by atoms with Crippen LogP contribution in [0, 0.1) is 0 Å². The molecule has 96 valence electrons. The van der Waals surface area contributed by atoms with E-state index in [1.165, 1.54) is 0 Å². The minimum absolute atomic E-state index is 0.0315. The molecule has 0 fully saturated rings. The van der Waals surface area contributed by atoms with Crippen LogP contribution in [0.2, 0.25) is 0 Å². The number of ether oxygens (including phenoxy) is 1. The van der Waals surface area contributed by atoms with E-state index in [9.17, 15) is 4.79 Å². The third kappa shape index (κ3) is 2.54. The Hall–Kier alpha value is -1.81. The normalized spacial score (nSPS) is 10.8. The molecule has 1 aromatic carbocycles. The summed E-state index contributed by atoms with van der Waals surface area (Å²) in [5.74, 6) is 0.795. The maximum Gasteiger partial charge on any atom is 0.258 e. The SMILES string of the molecule is CCOc1ccc2c(=O)n(CCCN)ccc2c1. The molecule has 0 unspecified atom stereocenters. The summed E-state index contributed by atoms with van der Waals surface area (Å²) in [6.07, 6.45) is 2.62. The van der Waals surface area contributed by atoms with Gasteiger partial charge in [0.25, 0.3) is 5.56 Å². The zero-order valence-electron chi connectivity index (χ0n) is 10.6. The summed E-state index contributed by atoms with van der Waals surface area (Å²) >= 11 is 0. The summed E-state index contributed by atoms with van der Waals surface area (Å²) in [6, 6.07) is 7.49. The van der Waals surface area contributed by atoms with Crippen LogP contribution in [0.25, 0.3) is 10.8 Å². The van der Waals surface area contributed by atoms with Gasteiger partial charge in [0.05, 0.1) is 6.61 Å². The van der Waals surface area contributed by atoms with Crippen molar-refractivity contribution in [1.29, 1.82) is 0 Å². The zero-order chi connectivity index (χ0) is 13.0. The van der Waals surface area contributed by atoms with Crippen molar-refractivity contribution < 1.29 is 4.74 Å². The van der Waals surface area contributed by atoms with Gasteiger partial charge in [0.15, 0.2) is 0 Å². The second kappa shape index (κ2) is 5.69. The van der Waals surface area contributed by atoms with Gasteiger partial charge in [0.1, 0.15) is 5.75 Å². The minimum Gasteiger partial charge on any atom is -0.494 e. The Morgan fingerprint density at radius 1 is 1.33 bits per heavy atom. The topological polar surface area (TPSA) is 57.2 Å². The van der Waals surface area contributed by atoms with Gasteiger partial charge in [-0.2, -0.15) is 0 Å². The van der Waals surface area contributed by atoms with Gasteiger partial charge >= 0.3 is 0 Å². The summed E-state index contributed by atoms with van der Waals surface area (Å²) in [5, 5.41) is 1.63. The van der Waals surface area contributed by atoms with Gasteiger partial charge in [0.2, 0.25) is 0 Å². The predicted octanol–water partition coefficient (Wildman–Crippen LogP) is 1.75. The minimum atomic E-state index is 0.0315. The largest absolute Gasteiger partial charge is 0.494 e. The van der Waals surface area contributed by atoms with E-state index >= 15 is 0 Å². The van der Waals surface area contributed by atoms with Crippen molar-refractivity contribution in [3.8, 4) is 5.75 Å². The molecule has 0 saturated heterocycles. The van der Waals surface area contributed by atoms with Crippen LogP contribution in [0.15, 0.2) is 35.3 Å². The Morgan fingerprint density at radius 2 is 2.17 bits per heavy atom. The van der Waals surface area contributed by atoms with Gasteiger partial charge in [-0.05, 0) is 49.5 Å². The maximum absolute atomic E-state index is 12.2. The Bertz CT molecular complexity index is 590.